The average molecular weight is 268 g/mol. The first-order chi connectivity index (χ1) is 9.78. The molecule has 2 rings (SSSR count). The lowest BCUT2D eigenvalue weighted by molar-refractivity contribution is 0.921. The number of aliphatic imine (C=N–C) groups is 1. The zero-order valence-corrected chi connectivity index (χ0v) is 11.7. The van der Waals surface area contributed by atoms with Gasteiger partial charge < -0.3 is 11.1 Å². The van der Waals surface area contributed by atoms with E-state index in [4.69, 9.17) is 5.73 Å². The van der Waals surface area contributed by atoms with Crippen molar-refractivity contribution in [2.45, 2.75) is 19.8 Å². The van der Waals surface area contributed by atoms with Crippen molar-refractivity contribution >= 4 is 11.6 Å². The van der Waals surface area contributed by atoms with E-state index in [0.29, 0.717) is 12.5 Å². The summed E-state index contributed by atoms with van der Waals surface area (Å²) in [4.78, 5) is 8.57. The molecule has 0 atom stereocenters. The van der Waals surface area contributed by atoms with E-state index < -0.39 is 0 Å². The van der Waals surface area contributed by atoms with Gasteiger partial charge in [0.15, 0.2) is 5.96 Å². The lowest BCUT2D eigenvalue weighted by Crippen LogP contribution is -2.23. The molecule has 0 radical (unpaired) electrons. The van der Waals surface area contributed by atoms with E-state index in [1.807, 2.05) is 30.3 Å². The molecule has 104 valence electrons. The third kappa shape index (κ3) is 4.39. The number of hydrogen-bond acceptors (Lipinski definition) is 2. The van der Waals surface area contributed by atoms with E-state index in [9.17, 15) is 0 Å². The smallest absolute Gasteiger partial charge is 0.193 e. The van der Waals surface area contributed by atoms with Crippen molar-refractivity contribution in [1.82, 2.24) is 4.98 Å². The van der Waals surface area contributed by atoms with Crippen LogP contribution in [0.4, 0.5) is 5.69 Å². The van der Waals surface area contributed by atoms with Gasteiger partial charge in [-0.2, -0.15) is 0 Å². The second-order valence-electron chi connectivity index (χ2n) is 4.52. The summed E-state index contributed by atoms with van der Waals surface area (Å²) in [5.41, 5.74) is 9.15. The summed E-state index contributed by atoms with van der Waals surface area (Å²) in [5, 5.41) is 3.11. The van der Waals surface area contributed by atoms with Crippen LogP contribution in [0.3, 0.4) is 0 Å². The highest BCUT2D eigenvalue weighted by Gasteiger charge is 1.97. The van der Waals surface area contributed by atoms with Crippen LogP contribution in [0.25, 0.3) is 0 Å². The highest BCUT2D eigenvalue weighted by molar-refractivity contribution is 5.92. The number of benzene rings is 1. The van der Waals surface area contributed by atoms with Gasteiger partial charge in [0.1, 0.15) is 0 Å². The molecule has 0 saturated carbocycles. The second kappa shape index (κ2) is 7.28. The van der Waals surface area contributed by atoms with E-state index in [-0.39, 0.29) is 0 Å². The molecule has 0 aliphatic carbocycles. The van der Waals surface area contributed by atoms with Crippen LogP contribution in [0.5, 0.6) is 0 Å². The number of pyridine rings is 1. The predicted octanol–water partition coefficient (Wildman–Crippen LogP) is 2.61. The molecule has 0 aliphatic rings. The van der Waals surface area contributed by atoms with Gasteiger partial charge in [-0.3, -0.25) is 9.98 Å². The summed E-state index contributed by atoms with van der Waals surface area (Å²) in [5.74, 6) is 0.439. The molecule has 2 aromatic rings. The van der Waals surface area contributed by atoms with Crippen molar-refractivity contribution in [1.29, 1.82) is 0 Å². The zero-order chi connectivity index (χ0) is 14.2. The Bertz CT molecular complexity index is 564. The average Bonchev–Trinajstić information content (AvgIpc) is 2.48. The first-order valence-corrected chi connectivity index (χ1v) is 6.83. The van der Waals surface area contributed by atoms with Crippen molar-refractivity contribution < 1.29 is 0 Å². The number of guanidine groups is 1. The van der Waals surface area contributed by atoms with Crippen LogP contribution in [0.2, 0.25) is 0 Å². The molecule has 20 heavy (non-hydrogen) atoms. The van der Waals surface area contributed by atoms with E-state index >= 15 is 0 Å². The number of rotatable bonds is 5. The predicted molar refractivity (Wildman–Crippen MR) is 83.9 cm³/mol. The van der Waals surface area contributed by atoms with E-state index in [0.717, 1.165) is 24.2 Å². The molecule has 0 fully saturated rings. The summed E-state index contributed by atoms with van der Waals surface area (Å²) >= 11 is 0. The van der Waals surface area contributed by atoms with Gasteiger partial charge in [0, 0.05) is 30.5 Å². The Morgan fingerprint density at radius 3 is 2.90 bits per heavy atom. The molecule has 4 nitrogen and oxygen atoms in total. The molecule has 0 saturated heterocycles. The fraction of sp³-hybridized carbons (Fsp3) is 0.250. The van der Waals surface area contributed by atoms with Crippen molar-refractivity contribution in [3.63, 3.8) is 0 Å². The molecule has 4 heteroatoms. The van der Waals surface area contributed by atoms with Gasteiger partial charge in [-0.15, -0.1) is 0 Å². The van der Waals surface area contributed by atoms with Gasteiger partial charge in [0.05, 0.1) is 0 Å². The van der Waals surface area contributed by atoms with Crippen LogP contribution < -0.4 is 11.1 Å². The summed E-state index contributed by atoms with van der Waals surface area (Å²) in [6.07, 6.45) is 3.58. The first kappa shape index (κ1) is 14.1. The summed E-state index contributed by atoms with van der Waals surface area (Å²) < 4.78 is 0. The van der Waals surface area contributed by atoms with Crippen LogP contribution >= 0.6 is 0 Å². The first-order valence-electron chi connectivity index (χ1n) is 6.83. The SMILES string of the molecule is CCc1cccc(NC(N)=NCCc2ccccn2)c1. The maximum atomic E-state index is 5.88. The van der Waals surface area contributed by atoms with E-state index in [1.54, 1.807) is 6.20 Å². The van der Waals surface area contributed by atoms with Crippen LogP contribution in [-0.2, 0) is 12.8 Å². The number of nitrogens with zero attached hydrogens (tertiary/aromatic N) is 2. The number of nitrogens with two attached hydrogens (primary N) is 1. The lowest BCUT2D eigenvalue weighted by Gasteiger charge is -2.07. The van der Waals surface area contributed by atoms with Crippen LogP contribution in [0.1, 0.15) is 18.2 Å². The molecule has 0 spiro atoms. The highest BCUT2D eigenvalue weighted by atomic mass is 15.1. The largest absolute Gasteiger partial charge is 0.370 e. The van der Waals surface area contributed by atoms with Gasteiger partial charge >= 0.3 is 0 Å². The van der Waals surface area contributed by atoms with Crippen LogP contribution in [-0.4, -0.2) is 17.5 Å². The molecular weight excluding hydrogens is 248 g/mol. The maximum absolute atomic E-state index is 5.88. The van der Waals surface area contributed by atoms with Gasteiger partial charge in [-0.25, -0.2) is 0 Å². The molecule has 0 aliphatic heterocycles. The van der Waals surface area contributed by atoms with Gasteiger partial charge in [0.25, 0.3) is 0 Å². The third-order valence-corrected chi connectivity index (χ3v) is 2.98. The molecule has 0 amide bonds. The van der Waals surface area contributed by atoms with Crippen molar-refractivity contribution in [3.8, 4) is 0 Å². The molecule has 1 heterocycles. The van der Waals surface area contributed by atoms with Crippen molar-refractivity contribution in [3.05, 3.63) is 59.9 Å². The lowest BCUT2D eigenvalue weighted by atomic mass is 10.1. The van der Waals surface area contributed by atoms with Gasteiger partial charge in [0.2, 0.25) is 0 Å². The monoisotopic (exact) mass is 268 g/mol. The number of nitrogens with one attached hydrogen (secondary N) is 1. The third-order valence-electron chi connectivity index (χ3n) is 2.98. The van der Waals surface area contributed by atoms with Crippen molar-refractivity contribution in [2.75, 3.05) is 11.9 Å². The molecule has 1 aromatic heterocycles. The molecule has 0 bridgehead atoms. The van der Waals surface area contributed by atoms with Crippen LogP contribution in [0.15, 0.2) is 53.7 Å². The molecule has 0 unspecified atom stereocenters. The number of hydrogen-bond donors (Lipinski definition) is 2. The summed E-state index contributed by atoms with van der Waals surface area (Å²) in [7, 11) is 0. The number of anilines is 1. The van der Waals surface area contributed by atoms with E-state index in [1.165, 1.54) is 5.56 Å². The van der Waals surface area contributed by atoms with E-state index in [2.05, 4.69) is 34.3 Å². The Hall–Kier alpha value is -2.36. The summed E-state index contributed by atoms with van der Waals surface area (Å²) in [6.45, 7) is 2.76. The molecular formula is C16H20N4. The highest BCUT2D eigenvalue weighted by Crippen LogP contribution is 2.10. The Kier molecular flexibility index (Phi) is 5.12. The van der Waals surface area contributed by atoms with Gasteiger partial charge in [-0.1, -0.05) is 25.1 Å². The minimum Gasteiger partial charge on any atom is -0.370 e. The standard InChI is InChI=1S/C16H20N4/c1-2-13-6-5-8-15(12-13)20-16(17)19-11-9-14-7-3-4-10-18-14/h3-8,10,12H,2,9,11H2,1H3,(H3,17,19,20). The number of aromatic nitrogens is 1. The molecule has 3 N–H and O–H groups in total. The quantitative estimate of drug-likeness (QED) is 0.647. The Balaban J connectivity index is 1.87. The topological polar surface area (TPSA) is 63.3 Å². The van der Waals surface area contributed by atoms with Gasteiger partial charge in [-0.05, 0) is 36.2 Å². The fourth-order valence-electron chi connectivity index (χ4n) is 1.89. The minimum atomic E-state index is 0.439. The zero-order valence-electron chi connectivity index (χ0n) is 11.7. The Morgan fingerprint density at radius 2 is 2.15 bits per heavy atom. The number of aryl methyl sites for hydroxylation is 1. The Labute approximate surface area is 119 Å². The Morgan fingerprint density at radius 1 is 1.25 bits per heavy atom. The maximum Gasteiger partial charge on any atom is 0.193 e. The van der Waals surface area contributed by atoms with Crippen molar-refractivity contribution in [2.24, 2.45) is 10.7 Å². The summed E-state index contributed by atoms with van der Waals surface area (Å²) in [6, 6.07) is 14.1. The fourth-order valence-corrected chi connectivity index (χ4v) is 1.89. The van der Waals surface area contributed by atoms with Crippen LogP contribution in [0, 0.1) is 0 Å². The second-order valence-corrected chi connectivity index (χ2v) is 4.52. The molecule has 1 aromatic carbocycles. The minimum absolute atomic E-state index is 0.439. The normalized spacial score (nSPS) is 11.3.